The van der Waals surface area contributed by atoms with Crippen molar-refractivity contribution in [3.8, 4) is 0 Å². The Hall–Kier alpha value is -0.910. The molecule has 1 atom stereocenters. The van der Waals surface area contributed by atoms with Crippen LogP contribution in [0.1, 0.15) is 5.56 Å². The fourth-order valence-electron chi connectivity index (χ4n) is 1.76. The lowest BCUT2D eigenvalue weighted by atomic mass is 10.1. The van der Waals surface area contributed by atoms with Gasteiger partial charge in [-0.3, -0.25) is 0 Å². The summed E-state index contributed by atoms with van der Waals surface area (Å²) in [6.45, 7) is 0. The Kier molecular flexibility index (Phi) is 5.57. The maximum atomic E-state index is 13.5. The minimum absolute atomic E-state index is 0.177. The van der Waals surface area contributed by atoms with E-state index in [1.165, 1.54) is 12.1 Å². The average Bonchev–Trinajstić information content (AvgIpc) is 2.41. The zero-order valence-electron chi connectivity index (χ0n) is 10.7. The lowest BCUT2D eigenvalue weighted by Gasteiger charge is -2.12. The summed E-state index contributed by atoms with van der Waals surface area (Å²) >= 11 is 5.00. The molecule has 0 saturated heterocycles. The van der Waals surface area contributed by atoms with E-state index in [1.54, 1.807) is 11.8 Å². The third kappa shape index (κ3) is 4.58. The van der Waals surface area contributed by atoms with Crippen LogP contribution in [-0.2, 0) is 6.42 Å². The van der Waals surface area contributed by atoms with Crippen molar-refractivity contribution in [2.45, 2.75) is 17.4 Å². The van der Waals surface area contributed by atoms with Gasteiger partial charge in [-0.2, -0.15) is 0 Å². The van der Waals surface area contributed by atoms with Gasteiger partial charge in [0.1, 0.15) is 11.6 Å². The fraction of sp³-hybridized carbons (Fsp3) is 0.200. The van der Waals surface area contributed by atoms with Crippen LogP contribution in [0.2, 0.25) is 0 Å². The quantitative estimate of drug-likeness (QED) is 0.803. The normalized spacial score (nSPS) is 12.4. The standard InChI is InChI=1S/C15H14BrF2NS/c16-11-2-5-14(6-3-11)20-9-13(19)7-10-1-4-12(17)8-15(10)18/h1-6,8,13H,7,9,19H2. The highest BCUT2D eigenvalue weighted by atomic mass is 79.9. The SMILES string of the molecule is NC(CSc1ccc(Br)cc1)Cc1ccc(F)cc1F. The molecule has 2 aromatic rings. The number of nitrogens with two attached hydrogens (primary N) is 1. The summed E-state index contributed by atoms with van der Waals surface area (Å²) in [6.07, 6.45) is 0.398. The molecule has 2 aromatic carbocycles. The van der Waals surface area contributed by atoms with Crippen LogP contribution in [0.15, 0.2) is 51.8 Å². The number of rotatable bonds is 5. The predicted octanol–water partition coefficient (Wildman–Crippen LogP) is 4.39. The van der Waals surface area contributed by atoms with Gasteiger partial charge in [0.05, 0.1) is 0 Å². The van der Waals surface area contributed by atoms with Crippen molar-refractivity contribution in [2.24, 2.45) is 5.73 Å². The monoisotopic (exact) mass is 357 g/mol. The maximum absolute atomic E-state index is 13.5. The Morgan fingerprint density at radius 3 is 2.45 bits per heavy atom. The van der Waals surface area contributed by atoms with Crippen molar-refractivity contribution in [2.75, 3.05) is 5.75 Å². The van der Waals surface area contributed by atoms with E-state index < -0.39 is 11.6 Å². The molecule has 0 bridgehead atoms. The van der Waals surface area contributed by atoms with Crippen molar-refractivity contribution in [1.29, 1.82) is 0 Å². The van der Waals surface area contributed by atoms with Gasteiger partial charge in [0.25, 0.3) is 0 Å². The first kappa shape index (κ1) is 15.5. The summed E-state index contributed by atoms with van der Waals surface area (Å²) in [7, 11) is 0. The molecule has 1 nitrogen and oxygen atoms in total. The molecule has 0 fully saturated rings. The van der Waals surface area contributed by atoms with Crippen molar-refractivity contribution < 1.29 is 8.78 Å². The van der Waals surface area contributed by atoms with Crippen LogP contribution in [0, 0.1) is 11.6 Å². The van der Waals surface area contributed by atoms with Gasteiger partial charge >= 0.3 is 0 Å². The molecule has 2 N–H and O–H groups in total. The molecular formula is C15H14BrF2NS. The van der Waals surface area contributed by atoms with Crippen LogP contribution in [0.5, 0.6) is 0 Å². The highest BCUT2D eigenvalue weighted by molar-refractivity contribution is 9.10. The minimum Gasteiger partial charge on any atom is -0.327 e. The zero-order chi connectivity index (χ0) is 14.5. The number of thioether (sulfide) groups is 1. The molecular weight excluding hydrogens is 344 g/mol. The van der Waals surface area contributed by atoms with Gasteiger partial charge in [-0.05, 0) is 42.3 Å². The number of hydrogen-bond donors (Lipinski definition) is 1. The van der Waals surface area contributed by atoms with Crippen LogP contribution < -0.4 is 5.73 Å². The summed E-state index contributed by atoms with van der Waals surface area (Å²) in [5, 5.41) is 0. The summed E-state index contributed by atoms with van der Waals surface area (Å²) < 4.78 is 27.3. The van der Waals surface area contributed by atoms with E-state index in [0.717, 1.165) is 15.4 Å². The second-order valence-corrected chi connectivity index (χ2v) is 6.47. The molecule has 20 heavy (non-hydrogen) atoms. The molecule has 0 amide bonds. The maximum Gasteiger partial charge on any atom is 0.129 e. The van der Waals surface area contributed by atoms with E-state index in [-0.39, 0.29) is 6.04 Å². The van der Waals surface area contributed by atoms with E-state index in [4.69, 9.17) is 5.73 Å². The Balaban J connectivity index is 1.89. The third-order valence-corrected chi connectivity index (χ3v) is 4.50. The zero-order valence-corrected chi connectivity index (χ0v) is 13.1. The van der Waals surface area contributed by atoms with Crippen molar-refractivity contribution in [3.63, 3.8) is 0 Å². The van der Waals surface area contributed by atoms with Crippen molar-refractivity contribution in [1.82, 2.24) is 0 Å². The van der Waals surface area contributed by atoms with Crippen LogP contribution in [0.25, 0.3) is 0 Å². The second-order valence-electron chi connectivity index (χ2n) is 4.46. The van der Waals surface area contributed by atoms with Gasteiger partial charge in [-0.25, -0.2) is 8.78 Å². The topological polar surface area (TPSA) is 26.0 Å². The van der Waals surface area contributed by atoms with E-state index in [0.29, 0.717) is 17.7 Å². The number of halogens is 3. The largest absolute Gasteiger partial charge is 0.327 e. The molecule has 0 aliphatic carbocycles. The smallest absolute Gasteiger partial charge is 0.129 e. The van der Waals surface area contributed by atoms with E-state index >= 15 is 0 Å². The first-order valence-electron chi connectivity index (χ1n) is 6.12. The number of benzene rings is 2. The molecule has 0 radical (unpaired) electrons. The van der Waals surface area contributed by atoms with Crippen LogP contribution >= 0.6 is 27.7 Å². The molecule has 0 aliphatic rings. The first-order valence-corrected chi connectivity index (χ1v) is 7.90. The molecule has 0 aromatic heterocycles. The summed E-state index contributed by atoms with van der Waals surface area (Å²) in [6, 6.07) is 11.4. The Labute approximate surface area is 129 Å². The Morgan fingerprint density at radius 2 is 1.80 bits per heavy atom. The third-order valence-electron chi connectivity index (χ3n) is 2.77. The fourth-order valence-corrected chi connectivity index (χ4v) is 2.88. The molecule has 2 rings (SSSR count). The van der Waals surface area contributed by atoms with Crippen LogP contribution in [-0.4, -0.2) is 11.8 Å². The Morgan fingerprint density at radius 1 is 1.10 bits per heavy atom. The molecule has 0 aliphatic heterocycles. The van der Waals surface area contributed by atoms with Crippen molar-refractivity contribution in [3.05, 3.63) is 64.1 Å². The second kappa shape index (κ2) is 7.20. The summed E-state index contributed by atoms with van der Waals surface area (Å²) in [5.41, 5.74) is 6.45. The number of hydrogen-bond acceptors (Lipinski definition) is 2. The minimum atomic E-state index is -0.566. The van der Waals surface area contributed by atoms with Gasteiger partial charge < -0.3 is 5.73 Å². The average molecular weight is 358 g/mol. The Bertz CT molecular complexity index is 575. The molecule has 5 heteroatoms. The van der Waals surface area contributed by atoms with Gasteiger partial charge in [0.2, 0.25) is 0 Å². The van der Waals surface area contributed by atoms with Gasteiger partial charge in [0.15, 0.2) is 0 Å². The van der Waals surface area contributed by atoms with E-state index in [9.17, 15) is 8.78 Å². The van der Waals surface area contributed by atoms with Gasteiger partial charge in [0, 0.05) is 27.2 Å². The molecule has 0 spiro atoms. The molecule has 0 saturated carbocycles. The van der Waals surface area contributed by atoms with Crippen LogP contribution in [0.4, 0.5) is 8.78 Å². The first-order chi connectivity index (χ1) is 9.54. The van der Waals surface area contributed by atoms with Crippen molar-refractivity contribution >= 4 is 27.7 Å². The lowest BCUT2D eigenvalue weighted by Crippen LogP contribution is -2.26. The lowest BCUT2D eigenvalue weighted by molar-refractivity contribution is 0.565. The molecule has 1 unspecified atom stereocenters. The van der Waals surface area contributed by atoms with Gasteiger partial charge in [-0.1, -0.05) is 22.0 Å². The summed E-state index contributed by atoms with van der Waals surface area (Å²) in [4.78, 5) is 1.11. The molecule has 0 heterocycles. The van der Waals surface area contributed by atoms with E-state index in [1.807, 2.05) is 24.3 Å². The van der Waals surface area contributed by atoms with E-state index in [2.05, 4.69) is 15.9 Å². The highest BCUT2D eigenvalue weighted by Crippen LogP contribution is 2.22. The molecule has 106 valence electrons. The summed E-state index contributed by atoms with van der Waals surface area (Å²) in [5.74, 6) is -0.420. The van der Waals surface area contributed by atoms with Gasteiger partial charge in [-0.15, -0.1) is 11.8 Å². The predicted molar refractivity (Wildman–Crippen MR) is 82.9 cm³/mol. The van der Waals surface area contributed by atoms with Crippen LogP contribution in [0.3, 0.4) is 0 Å². The highest BCUT2D eigenvalue weighted by Gasteiger charge is 2.10.